The maximum atomic E-state index is 13.3. The molecule has 8 heteroatoms. The lowest BCUT2D eigenvalue weighted by molar-refractivity contribution is -0.143. The van der Waals surface area contributed by atoms with Crippen molar-refractivity contribution in [3.63, 3.8) is 0 Å². The van der Waals surface area contributed by atoms with Gasteiger partial charge in [-0.3, -0.25) is 14.9 Å². The lowest BCUT2D eigenvalue weighted by atomic mass is 10.0. The Hall–Kier alpha value is -3.00. The number of carbonyl (C=O) groups excluding carboxylic acids is 2. The number of carbonyl (C=O) groups is 2. The van der Waals surface area contributed by atoms with Crippen LogP contribution in [0.2, 0.25) is 0 Å². The minimum Gasteiger partial charge on any atom is -0.466 e. The number of para-hydroxylation sites is 2. The predicted molar refractivity (Wildman–Crippen MR) is 92.3 cm³/mol. The minimum absolute atomic E-state index is 0.266. The largest absolute Gasteiger partial charge is 0.466 e. The van der Waals surface area contributed by atoms with Crippen molar-refractivity contribution in [1.29, 1.82) is 0 Å². The molecule has 0 saturated carbocycles. The number of ether oxygens (including phenoxy) is 1. The van der Waals surface area contributed by atoms with Crippen LogP contribution in [0, 0.1) is 5.82 Å². The SMILES string of the molecule is CC1(C(=O)Nc2nc3ccc(F)cc3s2)Oc2ccccc2NC1=O. The summed E-state index contributed by atoms with van der Waals surface area (Å²) in [6, 6.07) is 11.0. The first-order valence-electron chi connectivity index (χ1n) is 7.43. The van der Waals surface area contributed by atoms with Crippen LogP contribution in [0.15, 0.2) is 42.5 Å². The van der Waals surface area contributed by atoms with Crippen LogP contribution in [0.3, 0.4) is 0 Å². The second-order valence-corrected chi connectivity index (χ2v) is 6.70. The Labute approximate surface area is 145 Å². The molecule has 25 heavy (non-hydrogen) atoms. The quantitative estimate of drug-likeness (QED) is 0.691. The fraction of sp³-hybridized carbons (Fsp3) is 0.118. The van der Waals surface area contributed by atoms with E-state index in [0.29, 0.717) is 21.7 Å². The van der Waals surface area contributed by atoms with E-state index in [-0.39, 0.29) is 10.9 Å². The van der Waals surface area contributed by atoms with E-state index < -0.39 is 17.4 Å². The number of halogens is 1. The van der Waals surface area contributed by atoms with E-state index in [1.54, 1.807) is 24.3 Å². The maximum Gasteiger partial charge on any atom is 0.280 e. The molecular formula is C17H12FN3O3S. The highest BCUT2D eigenvalue weighted by atomic mass is 32.1. The molecule has 1 aliphatic heterocycles. The summed E-state index contributed by atoms with van der Waals surface area (Å²) >= 11 is 1.12. The van der Waals surface area contributed by atoms with Crippen LogP contribution in [0.4, 0.5) is 15.2 Å². The van der Waals surface area contributed by atoms with Crippen molar-refractivity contribution in [2.24, 2.45) is 0 Å². The molecule has 3 aromatic rings. The second-order valence-electron chi connectivity index (χ2n) is 5.67. The van der Waals surface area contributed by atoms with Crippen LogP contribution in [0.25, 0.3) is 10.2 Å². The molecule has 2 amide bonds. The van der Waals surface area contributed by atoms with Gasteiger partial charge in [0.25, 0.3) is 17.4 Å². The third-order valence-corrected chi connectivity index (χ3v) is 4.82. The molecule has 0 saturated heterocycles. The van der Waals surface area contributed by atoms with Crippen LogP contribution in [-0.4, -0.2) is 22.4 Å². The van der Waals surface area contributed by atoms with Crippen LogP contribution >= 0.6 is 11.3 Å². The summed E-state index contributed by atoms with van der Waals surface area (Å²) in [5.41, 5.74) is -0.670. The molecule has 0 fully saturated rings. The standard InChI is InChI=1S/C17H12FN3O3S/c1-17(14(22)19-10-4-2-3-5-12(10)24-17)15(23)21-16-20-11-7-6-9(18)8-13(11)25-16/h2-8H,1H3,(H,19,22)(H,20,21,23). The van der Waals surface area contributed by atoms with Gasteiger partial charge in [0.15, 0.2) is 5.13 Å². The zero-order valence-electron chi connectivity index (χ0n) is 13.0. The first-order valence-corrected chi connectivity index (χ1v) is 8.24. The van der Waals surface area contributed by atoms with E-state index in [9.17, 15) is 14.0 Å². The Morgan fingerprint density at radius 2 is 2.12 bits per heavy atom. The number of thiazole rings is 1. The number of nitrogens with zero attached hydrogens (tertiary/aromatic N) is 1. The van der Waals surface area contributed by atoms with Crippen molar-refractivity contribution in [3.8, 4) is 5.75 Å². The molecule has 4 rings (SSSR count). The number of hydrogen-bond acceptors (Lipinski definition) is 5. The van der Waals surface area contributed by atoms with E-state index in [2.05, 4.69) is 15.6 Å². The Morgan fingerprint density at radius 3 is 2.96 bits per heavy atom. The second kappa shape index (κ2) is 5.52. The molecule has 0 aliphatic carbocycles. The molecule has 2 N–H and O–H groups in total. The number of hydrogen-bond donors (Lipinski definition) is 2. The lowest BCUT2D eigenvalue weighted by Crippen LogP contribution is -2.56. The molecule has 0 spiro atoms. The number of fused-ring (bicyclic) bond motifs is 2. The highest BCUT2D eigenvalue weighted by Gasteiger charge is 2.47. The van der Waals surface area contributed by atoms with Crippen LogP contribution in [0.1, 0.15) is 6.92 Å². The van der Waals surface area contributed by atoms with Gasteiger partial charge in [-0.1, -0.05) is 23.5 Å². The van der Waals surface area contributed by atoms with Gasteiger partial charge in [-0.05, 0) is 37.3 Å². The van der Waals surface area contributed by atoms with Gasteiger partial charge in [0.1, 0.15) is 11.6 Å². The number of benzene rings is 2. The molecule has 1 aromatic heterocycles. The third kappa shape index (κ3) is 2.60. The monoisotopic (exact) mass is 357 g/mol. The number of anilines is 2. The molecule has 126 valence electrons. The van der Waals surface area contributed by atoms with Crippen molar-refractivity contribution >= 4 is 44.2 Å². The number of aromatic nitrogens is 1. The van der Waals surface area contributed by atoms with Crippen molar-refractivity contribution in [1.82, 2.24) is 4.98 Å². The van der Waals surface area contributed by atoms with Crippen LogP contribution < -0.4 is 15.4 Å². The molecule has 0 radical (unpaired) electrons. The number of amides is 2. The summed E-state index contributed by atoms with van der Waals surface area (Å²) in [6.07, 6.45) is 0. The maximum absolute atomic E-state index is 13.3. The smallest absolute Gasteiger partial charge is 0.280 e. The van der Waals surface area contributed by atoms with Gasteiger partial charge in [0, 0.05) is 0 Å². The van der Waals surface area contributed by atoms with Gasteiger partial charge >= 0.3 is 0 Å². The summed E-state index contributed by atoms with van der Waals surface area (Å²) in [7, 11) is 0. The van der Waals surface area contributed by atoms with Gasteiger partial charge < -0.3 is 10.1 Å². The number of rotatable bonds is 2. The van der Waals surface area contributed by atoms with E-state index in [0.717, 1.165) is 11.3 Å². The Kier molecular flexibility index (Phi) is 3.43. The average Bonchev–Trinajstić information content (AvgIpc) is 2.97. The van der Waals surface area contributed by atoms with Crippen LogP contribution in [-0.2, 0) is 9.59 Å². The lowest BCUT2D eigenvalue weighted by Gasteiger charge is -2.32. The predicted octanol–water partition coefficient (Wildman–Crippen LogP) is 3.16. The molecule has 1 atom stereocenters. The van der Waals surface area contributed by atoms with Gasteiger partial charge in [-0.25, -0.2) is 9.37 Å². The molecule has 2 aromatic carbocycles. The van der Waals surface area contributed by atoms with E-state index >= 15 is 0 Å². The number of nitrogens with one attached hydrogen (secondary N) is 2. The fourth-order valence-corrected chi connectivity index (χ4v) is 3.37. The van der Waals surface area contributed by atoms with Gasteiger partial charge in [0.2, 0.25) is 0 Å². The Bertz CT molecular complexity index is 1020. The van der Waals surface area contributed by atoms with E-state index in [1.165, 1.54) is 25.1 Å². The third-order valence-electron chi connectivity index (χ3n) is 3.89. The van der Waals surface area contributed by atoms with E-state index in [1.807, 2.05) is 0 Å². The topological polar surface area (TPSA) is 80.3 Å². The van der Waals surface area contributed by atoms with E-state index in [4.69, 9.17) is 4.74 Å². The summed E-state index contributed by atoms with van der Waals surface area (Å²) in [5.74, 6) is -1.20. The first-order chi connectivity index (χ1) is 12.0. The molecule has 1 unspecified atom stereocenters. The molecule has 1 aliphatic rings. The summed E-state index contributed by atoms with van der Waals surface area (Å²) in [4.78, 5) is 29.2. The van der Waals surface area contributed by atoms with Crippen molar-refractivity contribution in [3.05, 3.63) is 48.3 Å². The summed E-state index contributed by atoms with van der Waals surface area (Å²) in [5, 5.41) is 5.51. The Balaban J connectivity index is 1.62. The molecular weight excluding hydrogens is 345 g/mol. The van der Waals surface area contributed by atoms with Crippen molar-refractivity contribution in [2.45, 2.75) is 12.5 Å². The minimum atomic E-state index is -1.74. The zero-order valence-corrected chi connectivity index (χ0v) is 13.8. The van der Waals surface area contributed by atoms with Gasteiger partial charge in [-0.2, -0.15) is 0 Å². The van der Waals surface area contributed by atoms with Gasteiger partial charge in [0.05, 0.1) is 15.9 Å². The summed E-state index contributed by atoms with van der Waals surface area (Å²) in [6.45, 7) is 1.39. The average molecular weight is 357 g/mol. The highest BCUT2D eigenvalue weighted by Crippen LogP contribution is 2.34. The fourth-order valence-electron chi connectivity index (χ4n) is 2.48. The molecule has 6 nitrogen and oxygen atoms in total. The van der Waals surface area contributed by atoms with Crippen LogP contribution in [0.5, 0.6) is 5.75 Å². The zero-order chi connectivity index (χ0) is 17.6. The normalized spacial score (nSPS) is 19.0. The van der Waals surface area contributed by atoms with Crippen molar-refractivity contribution in [2.75, 3.05) is 10.6 Å². The first kappa shape index (κ1) is 15.5. The Morgan fingerprint density at radius 1 is 1.32 bits per heavy atom. The molecule has 2 heterocycles. The molecule has 0 bridgehead atoms. The summed E-state index contributed by atoms with van der Waals surface area (Å²) < 4.78 is 19.5. The van der Waals surface area contributed by atoms with Crippen molar-refractivity contribution < 1.29 is 18.7 Å². The highest BCUT2D eigenvalue weighted by molar-refractivity contribution is 7.22. The van der Waals surface area contributed by atoms with Gasteiger partial charge in [-0.15, -0.1) is 0 Å².